The number of thiophene rings is 1. The maximum Gasteiger partial charge on any atom is 0.230 e. The number of halogens is 1. The van der Waals surface area contributed by atoms with Crippen LogP contribution in [0, 0.1) is 13.8 Å². The Morgan fingerprint density at radius 1 is 0.769 bits per heavy atom. The normalized spacial score (nSPS) is 10.4. The fourth-order valence-corrected chi connectivity index (χ4v) is 3.44. The third-order valence-electron chi connectivity index (χ3n) is 4.11. The molecule has 0 aliphatic carbocycles. The zero-order chi connectivity index (χ0) is 17.2. The summed E-state index contributed by atoms with van der Waals surface area (Å²) in [5, 5.41) is 9.87. The van der Waals surface area contributed by atoms with Crippen LogP contribution in [0.1, 0.15) is 11.1 Å². The first-order chi connectivity index (χ1) is 12.2. The van der Waals surface area contributed by atoms with E-state index < -0.39 is 0 Å². The Kier molecular flexibility index (Phi) is 5.40. The minimum atomic E-state index is 0. The molecule has 0 aliphatic rings. The van der Waals surface area contributed by atoms with Crippen LogP contribution in [-0.2, 0) is 0 Å². The fraction of sp³-hybridized carbons (Fsp3) is 0.100. The van der Waals surface area contributed by atoms with Gasteiger partial charge in [0.25, 0.3) is 0 Å². The molecule has 26 heavy (non-hydrogen) atoms. The van der Waals surface area contributed by atoms with E-state index in [0.717, 1.165) is 33.0 Å². The molecule has 0 unspecified atom stereocenters. The maximum absolute atomic E-state index is 4.72. The van der Waals surface area contributed by atoms with Crippen molar-refractivity contribution in [2.75, 3.05) is 10.6 Å². The maximum atomic E-state index is 4.72. The largest absolute Gasteiger partial charge is 0.339 e. The third kappa shape index (κ3) is 3.64. The van der Waals surface area contributed by atoms with Crippen LogP contribution in [0.25, 0.3) is 10.2 Å². The highest BCUT2D eigenvalue weighted by Gasteiger charge is 2.11. The molecule has 6 heteroatoms. The molecule has 2 aromatic heterocycles. The molecule has 2 aromatic carbocycles. The molecule has 2 heterocycles. The Morgan fingerprint density at radius 2 is 1.38 bits per heavy atom. The van der Waals surface area contributed by atoms with Gasteiger partial charge in [0.1, 0.15) is 10.6 Å². The second-order valence-corrected chi connectivity index (χ2v) is 6.81. The quantitative estimate of drug-likeness (QED) is 0.440. The van der Waals surface area contributed by atoms with Crippen LogP contribution in [0.3, 0.4) is 0 Å². The molecular formula is C20H19ClN4S. The summed E-state index contributed by atoms with van der Waals surface area (Å²) in [5.74, 6) is 1.41. The van der Waals surface area contributed by atoms with Gasteiger partial charge in [0.15, 0.2) is 0 Å². The number of para-hydroxylation sites is 2. The molecule has 4 rings (SSSR count). The number of fused-ring (bicyclic) bond motifs is 1. The van der Waals surface area contributed by atoms with Gasteiger partial charge in [-0.1, -0.05) is 36.4 Å². The van der Waals surface area contributed by atoms with Crippen LogP contribution in [-0.4, -0.2) is 9.97 Å². The van der Waals surface area contributed by atoms with Crippen molar-refractivity contribution in [3.8, 4) is 0 Å². The molecule has 0 amide bonds. The molecule has 0 bridgehead atoms. The highest BCUT2D eigenvalue weighted by atomic mass is 35.5. The number of aryl methyl sites for hydroxylation is 2. The topological polar surface area (TPSA) is 49.8 Å². The van der Waals surface area contributed by atoms with Crippen molar-refractivity contribution < 1.29 is 0 Å². The minimum absolute atomic E-state index is 0. The predicted molar refractivity (Wildman–Crippen MR) is 114 cm³/mol. The highest BCUT2D eigenvalue weighted by Crippen LogP contribution is 2.30. The van der Waals surface area contributed by atoms with Gasteiger partial charge in [0, 0.05) is 11.4 Å². The first kappa shape index (κ1) is 18.2. The number of anilines is 4. The third-order valence-corrected chi connectivity index (χ3v) is 4.92. The molecule has 0 aliphatic heterocycles. The van der Waals surface area contributed by atoms with E-state index in [1.54, 1.807) is 11.3 Å². The van der Waals surface area contributed by atoms with E-state index in [2.05, 4.69) is 53.7 Å². The molecule has 0 atom stereocenters. The summed E-state index contributed by atoms with van der Waals surface area (Å²) in [4.78, 5) is 10.3. The van der Waals surface area contributed by atoms with Gasteiger partial charge < -0.3 is 10.6 Å². The lowest BCUT2D eigenvalue weighted by atomic mass is 10.2. The lowest BCUT2D eigenvalue weighted by Crippen LogP contribution is -2.02. The van der Waals surface area contributed by atoms with Crippen molar-refractivity contribution >= 4 is 57.1 Å². The summed E-state index contributed by atoms with van der Waals surface area (Å²) >= 11 is 1.61. The molecule has 4 nitrogen and oxygen atoms in total. The van der Waals surface area contributed by atoms with E-state index in [1.807, 2.05) is 35.7 Å². The zero-order valence-corrected chi connectivity index (χ0v) is 16.1. The van der Waals surface area contributed by atoms with E-state index in [0.29, 0.717) is 5.95 Å². The van der Waals surface area contributed by atoms with Crippen LogP contribution < -0.4 is 10.6 Å². The first-order valence-corrected chi connectivity index (χ1v) is 8.99. The molecule has 0 radical (unpaired) electrons. The fourth-order valence-electron chi connectivity index (χ4n) is 2.68. The summed E-state index contributed by atoms with van der Waals surface area (Å²) in [6.07, 6.45) is 0. The molecular weight excluding hydrogens is 364 g/mol. The summed E-state index contributed by atoms with van der Waals surface area (Å²) in [6.45, 7) is 4.15. The second kappa shape index (κ2) is 7.72. The van der Waals surface area contributed by atoms with Crippen molar-refractivity contribution in [2.24, 2.45) is 0 Å². The number of hydrogen-bond donors (Lipinski definition) is 2. The van der Waals surface area contributed by atoms with Gasteiger partial charge >= 0.3 is 0 Å². The standard InChI is InChI=1S/C20H18N4S.ClH/c1-13-7-3-5-9-16(13)21-18-15-11-12-25-19(15)24-20(23-18)22-17-10-6-4-8-14(17)2;/h3-12H,1-2H3,(H2,21,22,23,24);1H. The van der Waals surface area contributed by atoms with Crippen LogP contribution in [0.4, 0.5) is 23.1 Å². The van der Waals surface area contributed by atoms with Crippen LogP contribution in [0.15, 0.2) is 60.0 Å². The number of hydrogen-bond acceptors (Lipinski definition) is 5. The minimum Gasteiger partial charge on any atom is -0.339 e. The monoisotopic (exact) mass is 382 g/mol. The van der Waals surface area contributed by atoms with E-state index in [4.69, 9.17) is 4.98 Å². The summed E-state index contributed by atoms with van der Waals surface area (Å²) in [6, 6.07) is 18.4. The number of nitrogens with zero attached hydrogens (tertiary/aromatic N) is 2. The Hall–Kier alpha value is -2.63. The molecule has 0 saturated heterocycles. The van der Waals surface area contributed by atoms with E-state index in [1.165, 1.54) is 5.56 Å². The lowest BCUT2D eigenvalue weighted by Gasteiger charge is -2.12. The van der Waals surface area contributed by atoms with Gasteiger partial charge in [-0.2, -0.15) is 4.98 Å². The lowest BCUT2D eigenvalue weighted by molar-refractivity contribution is 1.21. The zero-order valence-electron chi connectivity index (χ0n) is 14.5. The molecule has 0 spiro atoms. The average Bonchev–Trinajstić information content (AvgIpc) is 3.08. The average molecular weight is 383 g/mol. The highest BCUT2D eigenvalue weighted by molar-refractivity contribution is 7.16. The molecule has 4 aromatic rings. The Balaban J connectivity index is 0.00000196. The Labute approximate surface area is 162 Å². The Morgan fingerprint density at radius 3 is 2.04 bits per heavy atom. The molecule has 132 valence electrons. The second-order valence-electron chi connectivity index (χ2n) is 5.92. The number of benzene rings is 2. The van der Waals surface area contributed by atoms with Gasteiger partial charge in [-0.25, -0.2) is 4.98 Å². The van der Waals surface area contributed by atoms with Crippen molar-refractivity contribution in [1.29, 1.82) is 0 Å². The molecule has 0 fully saturated rings. The van der Waals surface area contributed by atoms with Gasteiger partial charge in [-0.15, -0.1) is 23.7 Å². The summed E-state index contributed by atoms with van der Waals surface area (Å²) < 4.78 is 0. The Bertz CT molecular complexity index is 1040. The van der Waals surface area contributed by atoms with Crippen molar-refractivity contribution in [1.82, 2.24) is 9.97 Å². The van der Waals surface area contributed by atoms with Crippen LogP contribution >= 0.6 is 23.7 Å². The van der Waals surface area contributed by atoms with Crippen LogP contribution in [0.2, 0.25) is 0 Å². The van der Waals surface area contributed by atoms with E-state index in [-0.39, 0.29) is 12.4 Å². The van der Waals surface area contributed by atoms with Crippen LogP contribution in [0.5, 0.6) is 0 Å². The summed E-state index contributed by atoms with van der Waals surface area (Å²) in [7, 11) is 0. The van der Waals surface area contributed by atoms with Crippen molar-refractivity contribution in [3.05, 3.63) is 71.1 Å². The van der Waals surface area contributed by atoms with E-state index >= 15 is 0 Å². The smallest absolute Gasteiger partial charge is 0.230 e. The number of rotatable bonds is 4. The van der Waals surface area contributed by atoms with Gasteiger partial charge in [0.05, 0.1) is 5.39 Å². The van der Waals surface area contributed by atoms with E-state index in [9.17, 15) is 0 Å². The SMILES string of the molecule is Cc1ccccc1Nc1nc(Nc2ccccc2C)c2ccsc2n1.Cl. The van der Waals surface area contributed by atoms with Crippen molar-refractivity contribution in [2.45, 2.75) is 13.8 Å². The van der Waals surface area contributed by atoms with Gasteiger partial charge in [-0.05, 0) is 48.6 Å². The number of aromatic nitrogens is 2. The first-order valence-electron chi connectivity index (χ1n) is 8.11. The number of nitrogens with one attached hydrogen (secondary N) is 2. The summed E-state index contributed by atoms with van der Waals surface area (Å²) in [5.41, 5.74) is 4.40. The predicted octanol–water partition coefficient (Wildman–Crippen LogP) is 6.22. The van der Waals surface area contributed by atoms with Crippen molar-refractivity contribution in [3.63, 3.8) is 0 Å². The van der Waals surface area contributed by atoms with Gasteiger partial charge in [0.2, 0.25) is 5.95 Å². The molecule has 2 N–H and O–H groups in total. The van der Waals surface area contributed by atoms with Gasteiger partial charge in [-0.3, -0.25) is 0 Å². The molecule has 0 saturated carbocycles.